The zero-order valence-electron chi connectivity index (χ0n) is 10.9. The Balaban J connectivity index is 2.20. The van der Waals surface area contributed by atoms with Crippen LogP contribution < -0.4 is 11.1 Å². The highest BCUT2D eigenvalue weighted by atomic mass is 35.5. The molecule has 0 saturated heterocycles. The quantitative estimate of drug-likeness (QED) is 0.725. The molecular formula is C14H20Cl2N2O. The minimum absolute atomic E-state index is 0.0853. The molecule has 0 aromatic heterocycles. The molecule has 5 heteroatoms. The maximum Gasteiger partial charge on any atom is 0.220 e. The van der Waals surface area contributed by atoms with Gasteiger partial charge in [-0.2, -0.15) is 0 Å². The molecular weight excluding hydrogens is 283 g/mol. The minimum atomic E-state index is 0.0853. The van der Waals surface area contributed by atoms with E-state index in [1.165, 1.54) is 0 Å². The number of unbranched alkanes of at least 4 members (excludes halogenated alkanes) is 2. The third kappa shape index (κ3) is 6.81. The number of nitrogens with one attached hydrogen (secondary N) is 1. The maximum atomic E-state index is 11.5. The maximum absolute atomic E-state index is 11.5. The van der Waals surface area contributed by atoms with Crippen molar-refractivity contribution in [3.05, 3.63) is 33.8 Å². The molecule has 0 aliphatic heterocycles. The van der Waals surface area contributed by atoms with E-state index < -0.39 is 0 Å². The molecule has 0 fully saturated rings. The van der Waals surface area contributed by atoms with Crippen LogP contribution in [-0.2, 0) is 11.2 Å². The van der Waals surface area contributed by atoms with E-state index in [-0.39, 0.29) is 5.91 Å². The fraction of sp³-hybridized carbons (Fsp3) is 0.500. The first kappa shape index (κ1) is 16.3. The van der Waals surface area contributed by atoms with Gasteiger partial charge in [0.2, 0.25) is 5.91 Å². The second kappa shape index (κ2) is 9.18. The van der Waals surface area contributed by atoms with Crippen molar-refractivity contribution in [1.82, 2.24) is 5.32 Å². The first-order chi connectivity index (χ1) is 9.13. The predicted molar refractivity (Wildman–Crippen MR) is 80.7 cm³/mol. The van der Waals surface area contributed by atoms with E-state index in [9.17, 15) is 4.79 Å². The van der Waals surface area contributed by atoms with Crippen LogP contribution in [0.4, 0.5) is 0 Å². The summed E-state index contributed by atoms with van der Waals surface area (Å²) in [6, 6.07) is 5.41. The average molecular weight is 303 g/mol. The Bertz CT molecular complexity index is 410. The standard InChI is InChI=1S/C14H20Cl2N2O/c15-12-6-5-11(13(16)10-12)7-9-18-14(19)4-2-1-3-8-17/h5-6,10H,1-4,7-9,17H2,(H,18,19). The molecule has 1 rings (SSSR count). The summed E-state index contributed by atoms with van der Waals surface area (Å²) in [5.41, 5.74) is 6.39. The second-order valence-electron chi connectivity index (χ2n) is 4.44. The van der Waals surface area contributed by atoms with Crippen molar-refractivity contribution >= 4 is 29.1 Å². The molecule has 3 nitrogen and oxygen atoms in total. The van der Waals surface area contributed by atoms with Crippen molar-refractivity contribution in [2.24, 2.45) is 5.73 Å². The number of hydrogen-bond acceptors (Lipinski definition) is 2. The van der Waals surface area contributed by atoms with Crippen molar-refractivity contribution < 1.29 is 4.79 Å². The number of halogens is 2. The van der Waals surface area contributed by atoms with Crippen molar-refractivity contribution in [2.75, 3.05) is 13.1 Å². The largest absolute Gasteiger partial charge is 0.356 e. The van der Waals surface area contributed by atoms with Crippen LogP contribution in [-0.4, -0.2) is 19.0 Å². The molecule has 106 valence electrons. The first-order valence-electron chi connectivity index (χ1n) is 6.54. The van der Waals surface area contributed by atoms with Crippen LogP contribution >= 0.6 is 23.2 Å². The zero-order chi connectivity index (χ0) is 14.1. The van der Waals surface area contributed by atoms with Crippen LogP contribution in [0.2, 0.25) is 10.0 Å². The lowest BCUT2D eigenvalue weighted by atomic mass is 10.1. The van der Waals surface area contributed by atoms with Crippen LogP contribution in [0.25, 0.3) is 0 Å². The summed E-state index contributed by atoms with van der Waals surface area (Å²) in [5.74, 6) is 0.0853. The van der Waals surface area contributed by atoms with Gasteiger partial charge in [0.05, 0.1) is 0 Å². The molecule has 1 aromatic rings. The Morgan fingerprint density at radius 1 is 1.21 bits per heavy atom. The number of amides is 1. The van der Waals surface area contributed by atoms with E-state index in [4.69, 9.17) is 28.9 Å². The summed E-state index contributed by atoms with van der Waals surface area (Å²) in [7, 11) is 0. The third-order valence-corrected chi connectivity index (χ3v) is 3.43. The number of carbonyl (C=O) groups is 1. The lowest BCUT2D eigenvalue weighted by Gasteiger charge is -2.07. The summed E-state index contributed by atoms with van der Waals surface area (Å²) < 4.78 is 0. The third-order valence-electron chi connectivity index (χ3n) is 2.84. The lowest BCUT2D eigenvalue weighted by Crippen LogP contribution is -2.25. The fourth-order valence-corrected chi connectivity index (χ4v) is 2.26. The number of carbonyl (C=O) groups excluding carboxylic acids is 1. The highest BCUT2D eigenvalue weighted by Gasteiger charge is 2.03. The summed E-state index contributed by atoms with van der Waals surface area (Å²) >= 11 is 11.9. The van der Waals surface area contributed by atoms with Crippen LogP contribution in [0.15, 0.2) is 18.2 Å². The molecule has 0 saturated carbocycles. The number of benzene rings is 1. The molecule has 3 N–H and O–H groups in total. The number of hydrogen-bond donors (Lipinski definition) is 2. The van der Waals surface area contributed by atoms with Crippen LogP contribution in [0.5, 0.6) is 0 Å². The molecule has 0 aliphatic carbocycles. The van der Waals surface area contributed by atoms with Crippen molar-refractivity contribution in [3.8, 4) is 0 Å². The van der Waals surface area contributed by atoms with E-state index in [2.05, 4.69) is 5.32 Å². The highest BCUT2D eigenvalue weighted by molar-refractivity contribution is 6.35. The Hall–Kier alpha value is -0.770. The molecule has 0 heterocycles. The van der Waals surface area contributed by atoms with Gasteiger partial charge in [-0.05, 0) is 43.5 Å². The summed E-state index contributed by atoms with van der Waals surface area (Å²) in [6.07, 6.45) is 4.16. The van der Waals surface area contributed by atoms with Crippen molar-refractivity contribution in [3.63, 3.8) is 0 Å². The smallest absolute Gasteiger partial charge is 0.220 e. The number of nitrogens with two attached hydrogens (primary N) is 1. The molecule has 0 atom stereocenters. The van der Waals surface area contributed by atoms with E-state index in [1.54, 1.807) is 12.1 Å². The lowest BCUT2D eigenvalue weighted by molar-refractivity contribution is -0.121. The Kier molecular flexibility index (Phi) is 7.87. The van der Waals surface area contributed by atoms with E-state index in [0.29, 0.717) is 36.0 Å². The van der Waals surface area contributed by atoms with Gasteiger partial charge in [-0.15, -0.1) is 0 Å². The van der Waals surface area contributed by atoms with E-state index in [0.717, 1.165) is 24.8 Å². The SMILES string of the molecule is NCCCCCC(=O)NCCc1ccc(Cl)cc1Cl. The highest BCUT2D eigenvalue weighted by Crippen LogP contribution is 2.21. The van der Waals surface area contributed by atoms with Crippen LogP contribution in [0, 0.1) is 0 Å². The molecule has 0 bridgehead atoms. The zero-order valence-corrected chi connectivity index (χ0v) is 12.4. The van der Waals surface area contributed by atoms with E-state index >= 15 is 0 Å². The predicted octanol–water partition coefficient (Wildman–Crippen LogP) is 3.17. The molecule has 19 heavy (non-hydrogen) atoms. The normalized spacial score (nSPS) is 10.5. The van der Waals surface area contributed by atoms with Crippen LogP contribution in [0.1, 0.15) is 31.2 Å². The average Bonchev–Trinajstić information content (AvgIpc) is 2.37. The molecule has 0 spiro atoms. The van der Waals surface area contributed by atoms with Crippen molar-refractivity contribution in [1.29, 1.82) is 0 Å². The fourth-order valence-electron chi connectivity index (χ4n) is 1.76. The van der Waals surface area contributed by atoms with Gasteiger partial charge in [0.25, 0.3) is 0 Å². The van der Waals surface area contributed by atoms with Gasteiger partial charge in [-0.1, -0.05) is 35.7 Å². The monoisotopic (exact) mass is 302 g/mol. The van der Waals surface area contributed by atoms with Gasteiger partial charge in [0, 0.05) is 23.0 Å². The Labute approximate surface area is 124 Å². The molecule has 0 aliphatic rings. The first-order valence-corrected chi connectivity index (χ1v) is 7.29. The second-order valence-corrected chi connectivity index (χ2v) is 5.28. The summed E-state index contributed by atoms with van der Waals surface area (Å²) in [5, 5.41) is 4.15. The summed E-state index contributed by atoms with van der Waals surface area (Å²) in [4.78, 5) is 11.5. The summed E-state index contributed by atoms with van der Waals surface area (Å²) in [6.45, 7) is 1.29. The van der Waals surface area contributed by atoms with Gasteiger partial charge < -0.3 is 11.1 Å². The Morgan fingerprint density at radius 3 is 2.68 bits per heavy atom. The van der Waals surface area contributed by atoms with Gasteiger partial charge in [-0.25, -0.2) is 0 Å². The molecule has 1 amide bonds. The van der Waals surface area contributed by atoms with Crippen LogP contribution in [0.3, 0.4) is 0 Å². The Morgan fingerprint density at radius 2 is 2.00 bits per heavy atom. The van der Waals surface area contributed by atoms with Gasteiger partial charge in [-0.3, -0.25) is 4.79 Å². The van der Waals surface area contributed by atoms with Gasteiger partial charge in [0.1, 0.15) is 0 Å². The van der Waals surface area contributed by atoms with Gasteiger partial charge in [0.15, 0.2) is 0 Å². The van der Waals surface area contributed by atoms with Crippen molar-refractivity contribution in [2.45, 2.75) is 32.1 Å². The number of rotatable bonds is 8. The molecule has 0 radical (unpaired) electrons. The minimum Gasteiger partial charge on any atom is -0.356 e. The topological polar surface area (TPSA) is 55.1 Å². The van der Waals surface area contributed by atoms with E-state index in [1.807, 2.05) is 6.07 Å². The van der Waals surface area contributed by atoms with Gasteiger partial charge >= 0.3 is 0 Å². The molecule has 0 unspecified atom stereocenters. The molecule has 1 aromatic carbocycles.